The molecule has 35 heavy (non-hydrogen) atoms. The SMILES string of the molecule is C#C.C/C=C(\C)CN1C(=O)/C(=C2/SC(C)=C(c3ccccc3)N2C)SC1=NC/C=C/CC.C=CC. The molecule has 6 heteroatoms. The van der Waals surface area contributed by atoms with E-state index in [2.05, 4.69) is 62.5 Å². The normalized spacial score (nSPS) is 19.1. The Bertz CT molecular complexity index is 1050. The van der Waals surface area contributed by atoms with Crippen molar-refractivity contribution < 1.29 is 4.79 Å². The molecule has 0 bridgehead atoms. The van der Waals surface area contributed by atoms with Crippen LogP contribution >= 0.6 is 23.5 Å². The van der Waals surface area contributed by atoms with Crippen LogP contribution in [0.1, 0.15) is 46.6 Å². The largest absolute Gasteiger partial charge is 0.337 e. The molecule has 3 rings (SSSR count). The molecule has 1 saturated heterocycles. The van der Waals surface area contributed by atoms with Crippen LogP contribution in [0, 0.1) is 12.8 Å². The number of thioether (sulfide) groups is 2. The number of terminal acetylenes is 1. The van der Waals surface area contributed by atoms with Gasteiger partial charge in [0.05, 0.1) is 17.3 Å². The molecule has 1 aromatic rings. The number of aliphatic imine (C=N–C) groups is 1. The first-order valence-electron chi connectivity index (χ1n) is 11.5. The molecule has 0 radical (unpaired) electrons. The van der Waals surface area contributed by atoms with Crippen molar-refractivity contribution in [2.24, 2.45) is 4.99 Å². The second kappa shape index (κ2) is 15.9. The fourth-order valence-corrected chi connectivity index (χ4v) is 5.60. The second-order valence-electron chi connectivity index (χ2n) is 7.61. The van der Waals surface area contributed by atoms with Gasteiger partial charge in [-0.3, -0.25) is 14.7 Å². The summed E-state index contributed by atoms with van der Waals surface area (Å²) in [6.45, 7) is 14.7. The monoisotopic (exact) mass is 507 g/mol. The van der Waals surface area contributed by atoms with Gasteiger partial charge < -0.3 is 4.90 Å². The summed E-state index contributed by atoms with van der Waals surface area (Å²) in [7, 11) is 2.04. The second-order valence-corrected chi connectivity index (χ2v) is 9.79. The molecule has 0 aliphatic carbocycles. The Balaban J connectivity index is 0.00000114. The van der Waals surface area contributed by atoms with Crippen LogP contribution in [0.4, 0.5) is 0 Å². The molecular weight excluding hydrogens is 470 g/mol. The Morgan fingerprint density at radius 3 is 2.34 bits per heavy atom. The Morgan fingerprint density at radius 1 is 1.14 bits per heavy atom. The van der Waals surface area contributed by atoms with Crippen molar-refractivity contribution in [3.05, 3.63) is 87.2 Å². The van der Waals surface area contributed by atoms with E-state index in [1.54, 1.807) is 17.8 Å². The molecule has 0 N–H and O–H groups in total. The van der Waals surface area contributed by atoms with E-state index in [0.717, 1.165) is 38.4 Å². The first-order valence-corrected chi connectivity index (χ1v) is 13.2. The summed E-state index contributed by atoms with van der Waals surface area (Å²) in [6.07, 6.45) is 16.9. The highest BCUT2D eigenvalue weighted by atomic mass is 32.2. The highest BCUT2D eigenvalue weighted by Crippen LogP contribution is 2.49. The Kier molecular flexibility index (Phi) is 13.7. The van der Waals surface area contributed by atoms with Crippen LogP contribution in [0.5, 0.6) is 0 Å². The number of amidine groups is 1. The van der Waals surface area contributed by atoms with Gasteiger partial charge >= 0.3 is 0 Å². The summed E-state index contributed by atoms with van der Waals surface area (Å²) in [5.74, 6) is 0.0379. The fraction of sp³-hybridized carbons (Fsp3) is 0.310. The Hall–Kier alpha value is -2.88. The average Bonchev–Trinajstić information content (AvgIpc) is 3.33. The fourth-order valence-electron chi connectivity index (χ4n) is 3.30. The summed E-state index contributed by atoms with van der Waals surface area (Å²) in [5, 5.41) is 1.77. The van der Waals surface area contributed by atoms with Gasteiger partial charge in [0, 0.05) is 18.5 Å². The summed E-state index contributed by atoms with van der Waals surface area (Å²) >= 11 is 3.16. The molecule has 1 amide bonds. The maximum Gasteiger partial charge on any atom is 0.269 e. The average molecular weight is 508 g/mol. The maximum atomic E-state index is 13.4. The summed E-state index contributed by atoms with van der Waals surface area (Å²) in [5.41, 5.74) is 3.47. The van der Waals surface area contributed by atoms with Crippen molar-refractivity contribution in [3.63, 3.8) is 0 Å². The van der Waals surface area contributed by atoms with E-state index in [1.807, 2.05) is 57.0 Å². The molecule has 0 unspecified atom stereocenters. The van der Waals surface area contributed by atoms with Crippen LogP contribution in [-0.2, 0) is 4.79 Å². The quantitative estimate of drug-likeness (QED) is 0.226. The molecule has 186 valence electrons. The number of rotatable bonds is 6. The van der Waals surface area contributed by atoms with E-state index in [1.165, 1.54) is 16.7 Å². The summed E-state index contributed by atoms with van der Waals surface area (Å²) < 4.78 is 0. The highest BCUT2D eigenvalue weighted by molar-refractivity contribution is 8.19. The zero-order valence-corrected chi connectivity index (χ0v) is 23.4. The third-order valence-corrected chi connectivity index (χ3v) is 7.37. The minimum absolute atomic E-state index is 0.0379. The van der Waals surface area contributed by atoms with Crippen molar-refractivity contribution in [1.82, 2.24) is 9.80 Å². The molecule has 2 aliphatic heterocycles. The van der Waals surface area contributed by atoms with Crippen molar-refractivity contribution >= 4 is 40.3 Å². The van der Waals surface area contributed by atoms with Crippen molar-refractivity contribution in [1.29, 1.82) is 0 Å². The number of nitrogens with zero attached hydrogens (tertiary/aromatic N) is 3. The smallest absolute Gasteiger partial charge is 0.269 e. The van der Waals surface area contributed by atoms with Crippen LogP contribution in [-0.4, -0.2) is 41.0 Å². The van der Waals surface area contributed by atoms with Gasteiger partial charge in [0.2, 0.25) is 0 Å². The van der Waals surface area contributed by atoms with Gasteiger partial charge in [0.25, 0.3) is 5.91 Å². The van der Waals surface area contributed by atoms with Gasteiger partial charge in [0.1, 0.15) is 4.91 Å². The molecule has 2 aliphatic rings. The van der Waals surface area contributed by atoms with Gasteiger partial charge in [-0.25, -0.2) is 0 Å². The number of carbonyl (C=O) groups excluding carboxylic acids is 1. The molecule has 0 spiro atoms. The van der Waals surface area contributed by atoms with Gasteiger partial charge in [-0.1, -0.05) is 78.9 Å². The van der Waals surface area contributed by atoms with Crippen LogP contribution in [0.15, 0.2) is 86.6 Å². The van der Waals surface area contributed by atoms with Crippen LogP contribution in [0.25, 0.3) is 5.70 Å². The topological polar surface area (TPSA) is 35.9 Å². The van der Waals surface area contributed by atoms with Gasteiger partial charge in [-0.15, -0.1) is 19.4 Å². The van der Waals surface area contributed by atoms with Crippen molar-refractivity contribution in [2.45, 2.75) is 41.0 Å². The van der Waals surface area contributed by atoms with Crippen LogP contribution < -0.4 is 0 Å². The molecule has 1 aromatic carbocycles. The van der Waals surface area contributed by atoms with E-state index in [9.17, 15) is 4.79 Å². The molecule has 0 atom stereocenters. The predicted molar refractivity (Wildman–Crippen MR) is 158 cm³/mol. The molecule has 0 saturated carbocycles. The predicted octanol–water partition coefficient (Wildman–Crippen LogP) is 7.53. The Morgan fingerprint density at radius 2 is 1.77 bits per heavy atom. The maximum absolute atomic E-state index is 13.4. The lowest BCUT2D eigenvalue weighted by Gasteiger charge is -2.19. The van der Waals surface area contributed by atoms with E-state index in [-0.39, 0.29) is 5.91 Å². The van der Waals surface area contributed by atoms with E-state index in [0.29, 0.717) is 13.1 Å². The zero-order valence-electron chi connectivity index (χ0n) is 21.7. The lowest BCUT2D eigenvalue weighted by atomic mass is 10.1. The van der Waals surface area contributed by atoms with Crippen LogP contribution in [0.2, 0.25) is 0 Å². The molecule has 2 heterocycles. The van der Waals surface area contributed by atoms with Crippen molar-refractivity contribution in [3.8, 4) is 12.8 Å². The number of carbonyl (C=O) groups is 1. The van der Waals surface area contributed by atoms with Gasteiger partial charge in [-0.2, -0.15) is 0 Å². The number of hydrogen-bond acceptors (Lipinski definition) is 5. The molecule has 0 aromatic heterocycles. The summed E-state index contributed by atoms with van der Waals surface area (Å²) in [4.78, 5) is 24.0. The number of amides is 1. The molecular formula is C29H37N3OS2. The van der Waals surface area contributed by atoms with Crippen LogP contribution in [0.3, 0.4) is 0 Å². The number of hydrogen-bond donors (Lipinski definition) is 0. The number of benzene rings is 1. The molecule has 4 nitrogen and oxygen atoms in total. The third-order valence-electron chi connectivity index (χ3n) is 4.96. The van der Waals surface area contributed by atoms with Gasteiger partial charge in [-0.05, 0) is 51.4 Å². The lowest BCUT2D eigenvalue weighted by molar-refractivity contribution is -0.122. The standard InChI is InChI=1S/C24H29N3OS2.C3H6.C2H2/c1-6-8-12-15-25-24-27(16-17(3)7-2)22(28)21(30-24)23-26(5)20(18(4)29-23)19-13-10-9-11-14-19;1-3-2;1-2/h7-14H,6,15-16H2,1-5H3;3H,1H2,2H3;1-2H/b12-8+,17-7+,23-21-,25-24?;;. The highest BCUT2D eigenvalue weighted by Gasteiger charge is 2.39. The van der Waals surface area contributed by atoms with E-state index < -0.39 is 0 Å². The first kappa shape index (κ1) is 30.2. The van der Waals surface area contributed by atoms with E-state index >= 15 is 0 Å². The Labute approximate surface area is 220 Å². The van der Waals surface area contributed by atoms with Gasteiger partial charge in [0.15, 0.2) is 5.17 Å². The number of allylic oxidation sites excluding steroid dienone is 4. The molecule has 1 fully saturated rings. The van der Waals surface area contributed by atoms with E-state index in [4.69, 9.17) is 4.99 Å². The first-order chi connectivity index (χ1) is 16.9. The zero-order chi connectivity index (χ0) is 26.4. The summed E-state index contributed by atoms with van der Waals surface area (Å²) in [6, 6.07) is 10.3. The van der Waals surface area contributed by atoms with Crippen molar-refractivity contribution in [2.75, 3.05) is 20.1 Å². The minimum atomic E-state index is 0.0379. The lowest BCUT2D eigenvalue weighted by Crippen LogP contribution is -2.31. The minimum Gasteiger partial charge on any atom is -0.337 e. The third kappa shape index (κ3) is 8.09.